The highest BCUT2D eigenvalue weighted by Crippen LogP contribution is 2.18. The largest absolute Gasteiger partial charge is 0.492 e. The summed E-state index contributed by atoms with van der Waals surface area (Å²) in [5.41, 5.74) is 0. The molecule has 2 aromatic rings. The Hall–Kier alpha value is -2.22. The predicted octanol–water partition coefficient (Wildman–Crippen LogP) is 1.75. The molecule has 0 N–H and O–H groups in total. The van der Waals surface area contributed by atoms with Crippen molar-refractivity contribution in [2.75, 3.05) is 38.3 Å². The topological polar surface area (TPSA) is 65.3 Å². The van der Waals surface area contributed by atoms with Gasteiger partial charge in [0, 0.05) is 26.8 Å². The number of halogens is 1. The van der Waals surface area contributed by atoms with E-state index in [2.05, 4.69) is 15.5 Å². The van der Waals surface area contributed by atoms with Crippen LogP contribution in [0.15, 0.2) is 24.3 Å². The number of rotatable bonds is 7. The Kier molecular flexibility index (Phi) is 5.58. The van der Waals surface area contributed by atoms with Gasteiger partial charge in [-0.15, -0.1) is 0 Å². The van der Waals surface area contributed by atoms with Crippen LogP contribution in [0.1, 0.15) is 12.8 Å². The van der Waals surface area contributed by atoms with E-state index in [1.165, 1.54) is 12.1 Å². The minimum Gasteiger partial charge on any atom is -0.492 e. The molecule has 2 heterocycles. The maximum atomic E-state index is 12.9. The first-order chi connectivity index (χ1) is 11.7. The Labute approximate surface area is 140 Å². The lowest BCUT2D eigenvalue weighted by Gasteiger charge is -2.23. The van der Waals surface area contributed by atoms with Gasteiger partial charge >= 0.3 is 0 Å². The fraction of sp³-hybridized carbons (Fsp3) is 0.562. The second kappa shape index (κ2) is 8.05. The van der Waals surface area contributed by atoms with Gasteiger partial charge < -0.3 is 14.4 Å². The highest BCUT2D eigenvalue weighted by Gasteiger charge is 2.18. The van der Waals surface area contributed by atoms with Crippen molar-refractivity contribution in [2.45, 2.75) is 19.4 Å². The first-order valence-corrected chi connectivity index (χ1v) is 8.16. The third-order valence-corrected chi connectivity index (χ3v) is 4.14. The van der Waals surface area contributed by atoms with E-state index in [4.69, 9.17) is 9.47 Å². The molecule has 0 bridgehead atoms. The Bertz CT molecular complexity index is 628. The second-order valence-electron chi connectivity index (χ2n) is 5.94. The van der Waals surface area contributed by atoms with Crippen LogP contribution in [-0.4, -0.2) is 53.6 Å². The van der Waals surface area contributed by atoms with Crippen molar-refractivity contribution in [3.05, 3.63) is 30.1 Å². The molecule has 0 unspecified atom stereocenters. The van der Waals surface area contributed by atoms with Crippen LogP contribution < -0.4 is 9.64 Å². The summed E-state index contributed by atoms with van der Waals surface area (Å²) < 4.78 is 25.7. The Morgan fingerprint density at radius 3 is 2.79 bits per heavy atom. The van der Waals surface area contributed by atoms with Gasteiger partial charge in [-0.05, 0) is 53.5 Å². The summed E-state index contributed by atoms with van der Waals surface area (Å²) in [7, 11) is 1.93. The summed E-state index contributed by atoms with van der Waals surface area (Å²) in [6.45, 7) is 3.51. The van der Waals surface area contributed by atoms with Crippen molar-refractivity contribution in [2.24, 2.45) is 5.92 Å². The van der Waals surface area contributed by atoms with Crippen LogP contribution in [-0.2, 0) is 11.3 Å². The molecule has 24 heavy (non-hydrogen) atoms. The Morgan fingerprint density at radius 1 is 1.29 bits per heavy atom. The van der Waals surface area contributed by atoms with Crippen LogP contribution in [0.2, 0.25) is 0 Å². The minimum atomic E-state index is -0.272. The van der Waals surface area contributed by atoms with Gasteiger partial charge in [0.05, 0.1) is 6.54 Å². The van der Waals surface area contributed by atoms with Crippen LogP contribution in [0.5, 0.6) is 5.75 Å². The highest BCUT2D eigenvalue weighted by molar-refractivity contribution is 5.26. The fourth-order valence-corrected chi connectivity index (χ4v) is 2.70. The van der Waals surface area contributed by atoms with Crippen LogP contribution in [0.3, 0.4) is 0 Å². The smallest absolute Gasteiger partial charge is 0.245 e. The first kappa shape index (κ1) is 16.6. The maximum Gasteiger partial charge on any atom is 0.245 e. The molecule has 0 spiro atoms. The van der Waals surface area contributed by atoms with Crippen molar-refractivity contribution in [3.8, 4) is 5.75 Å². The van der Waals surface area contributed by atoms with Gasteiger partial charge in [0.25, 0.3) is 0 Å². The van der Waals surface area contributed by atoms with Gasteiger partial charge in [-0.3, -0.25) is 0 Å². The number of anilines is 1. The van der Waals surface area contributed by atoms with Gasteiger partial charge in [0.2, 0.25) is 5.95 Å². The van der Waals surface area contributed by atoms with Gasteiger partial charge in [0.15, 0.2) is 0 Å². The molecular weight excluding hydrogens is 313 g/mol. The number of nitrogens with zero attached hydrogens (tertiary/aromatic N) is 5. The molecule has 8 heteroatoms. The SMILES string of the molecule is CN(CCOc1ccc(F)cc1)c1nnnn1CC1CCOCC1. The monoisotopic (exact) mass is 335 g/mol. The Morgan fingerprint density at radius 2 is 2.04 bits per heavy atom. The second-order valence-corrected chi connectivity index (χ2v) is 5.94. The molecule has 1 fully saturated rings. The van der Waals surface area contributed by atoms with Crippen molar-refractivity contribution >= 4 is 5.95 Å². The number of ether oxygens (including phenoxy) is 2. The predicted molar refractivity (Wildman–Crippen MR) is 86.5 cm³/mol. The third kappa shape index (κ3) is 4.41. The van der Waals surface area contributed by atoms with Crippen LogP contribution >= 0.6 is 0 Å². The average molecular weight is 335 g/mol. The molecular formula is C16H22FN5O2. The molecule has 7 nitrogen and oxygen atoms in total. The zero-order valence-corrected chi connectivity index (χ0v) is 13.8. The van der Waals surface area contributed by atoms with Gasteiger partial charge in [-0.2, -0.15) is 0 Å². The lowest BCUT2D eigenvalue weighted by molar-refractivity contribution is 0.0601. The zero-order chi connectivity index (χ0) is 16.8. The minimum absolute atomic E-state index is 0.272. The fourth-order valence-electron chi connectivity index (χ4n) is 2.70. The summed E-state index contributed by atoms with van der Waals surface area (Å²) in [5, 5.41) is 12.0. The van der Waals surface area contributed by atoms with E-state index in [1.807, 2.05) is 16.6 Å². The molecule has 1 aromatic carbocycles. The molecule has 0 amide bonds. The molecule has 1 aromatic heterocycles. The molecule has 0 atom stereocenters. The number of hydrogen-bond acceptors (Lipinski definition) is 6. The third-order valence-electron chi connectivity index (χ3n) is 4.14. The summed E-state index contributed by atoms with van der Waals surface area (Å²) in [6.07, 6.45) is 2.08. The van der Waals surface area contributed by atoms with E-state index in [-0.39, 0.29) is 5.82 Å². The average Bonchev–Trinajstić information content (AvgIpc) is 3.06. The van der Waals surface area contributed by atoms with E-state index in [9.17, 15) is 4.39 Å². The number of aromatic nitrogens is 4. The summed E-state index contributed by atoms with van der Waals surface area (Å²) in [6, 6.07) is 6.00. The molecule has 3 rings (SSSR count). The molecule has 1 aliphatic heterocycles. The molecule has 1 saturated heterocycles. The lowest BCUT2D eigenvalue weighted by Crippen LogP contribution is -2.29. The van der Waals surface area contributed by atoms with E-state index in [0.29, 0.717) is 24.8 Å². The lowest BCUT2D eigenvalue weighted by atomic mass is 10.0. The van der Waals surface area contributed by atoms with Crippen molar-refractivity contribution in [1.29, 1.82) is 0 Å². The van der Waals surface area contributed by atoms with Crippen molar-refractivity contribution in [3.63, 3.8) is 0 Å². The number of benzene rings is 1. The van der Waals surface area contributed by atoms with Gasteiger partial charge in [-0.25, -0.2) is 9.07 Å². The molecule has 0 radical (unpaired) electrons. The number of hydrogen-bond donors (Lipinski definition) is 0. The molecule has 0 saturated carbocycles. The van der Waals surface area contributed by atoms with E-state index < -0.39 is 0 Å². The van der Waals surface area contributed by atoms with Gasteiger partial charge in [-0.1, -0.05) is 5.10 Å². The summed E-state index contributed by atoms with van der Waals surface area (Å²) in [4.78, 5) is 1.96. The first-order valence-electron chi connectivity index (χ1n) is 8.16. The normalized spacial score (nSPS) is 15.4. The summed E-state index contributed by atoms with van der Waals surface area (Å²) in [5.74, 6) is 1.65. The number of likely N-dealkylation sites (N-methyl/N-ethyl adjacent to an activating group) is 1. The van der Waals surface area contributed by atoms with Crippen LogP contribution in [0.25, 0.3) is 0 Å². The van der Waals surface area contributed by atoms with E-state index in [0.717, 1.165) is 38.5 Å². The standard InChI is InChI=1S/C16H22FN5O2/c1-21(8-11-24-15-4-2-14(17)3-5-15)16-18-19-20-22(16)12-13-6-9-23-10-7-13/h2-5,13H,6-12H2,1H3. The Balaban J connectivity index is 1.50. The quantitative estimate of drug-likeness (QED) is 0.768. The maximum absolute atomic E-state index is 12.9. The number of tetrazole rings is 1. The highest BCUT2D eigenvalue weighted by atomic mass is 19.1. The zero-order valence-electron chi connectivity index (χ0n) is 13.8. The van der Waals surface area contributed by atoms with Crippen molar-refractivity contribution in [1.82, 2.24) is 20.2 Å². The molecule has 130 valence electrons. The molecule has 0 aliphatic carbocycles. The van der Waals surface area contributed by atoms with Crippen molar-refractivity contribution < 1.29 is 13.9 Å². The van der Waals surface area contributed by atoms with Crippen LogP contribution in [0.4, 0.5) is 10.3 Å². The van der Waals surface area contributed by atoms with E-state index >= 15 is 0 Å². The van der Waals surface area contributed by atoms with Crippen LogP contribution in [0, 0.1) is 11.7 Å². The summed E-state index contributed by atoms with van der Waals surface area (Å²) >= 11 is 0. The van der Waals surface area contributed by atoms with E-state index in [1.54, 1.807) is 12.1 Å². The molecule has 1 aliphatic rings. The van der Waals surface area contributed by atoms with Gasteiger partial charge in [0.1, 0.15) is 18.2 Å².